The number of rotatable bonds is 4. The van der Waals surface area contributed by atoms with Crippen molar-refractivity contribution in [3.8, 4) is 11.5 Å². The van der Waals surface area contributed by atoms with E-state index in [0.29, 0.717) is 28.6 Å². The number of hydrogen-bond acceptors (Lipinski definition) is 5. The summed E-state index contributed by atoms with van der Waals surface area (Å²) in [6, 6.07) is 8.22. The number of carbonyl (C=O) groups excluding carboxylic acids is 1. The molecule has 0 atom stereocenters. The Morgan fingerprint density at radius 3 is 2.50 bits per heavy atom. The molecule has 0 saturated carbocycles. The lowest BCUT2D eigenvalue weighted by molar-refractivity contribution is 0.102. The van der Waals surface area contributed by atoms with Gasteiger partial charge in [-0.15, -0.1) is 0 Å². The van der Waals surface area contributed by atoms with E-state index in [1.165, 1.54) is 20.4 Å². The van der Waals surface area contributed by atoms with Gasteiger partial charge in [-0.3, -0.25) is 4.79 Å². The van der Waals surface area contributed by atoms with Gasteiger partial charge in [0.15, 0.2) is 11.5 Å². The number of methoxy groups -OCH3 is 2. The van der Waals surface area contributed by atoms with E-state index in [-0.39, 0.29) is 5.91 Å². The van der Waals surface area contributed by atoms with Crippen LogP contribution >= 0.6 is 0 Å². The standard InChI is InChI=1S/C14H15N3O3/c1-19-11-5-3-9(7-12(11)20-2)14(18)17-13-6-4-10(15)8-16-13/h3-8H,15H2,1-2H3,(H,16,17,18). The highest BCUT2D eigenvalue weighted by Gasteiger charge is 2.11. The molecule has 0 bridgehead atoms. The van der Waals surface area contributed by atoms with Crippen molar-refractivity contribution in [2.24, 2.45) is 0 Å². The molecule has 0 unspecified atom stereocenters. The molecule has 3 N–H and O–H groups in total. The molecule has 1 heterocycles. The lowest BCUT2D eigenvalue weighted by Gasteiger charge is -2.09. The Bertz CT molecular complexity index is 612. The highest BCUT2D eigenvalue weighted by atomic mass is 16.5. The number of amides is 1. The summed E-state index contributed by atoms with van der Waals surface area (Å²) >= 11 is 0. The van der Waals surface area contributed by atoms with E-state index in [9.17, 15) is 4.79 Å². The maximum Gasteiger partial charge on any atom is 0.256 e. The molecule has 0 saturated heterocycles. The molecular formula is C14H15N3O3. The summed E-state index contributed by atoms with van der Waals surface area (Å²) in [6.45, 7) is 0. The van der Waals surface area contributed by atoms with Crippen molar-refractivity contribution in [3.63, 3.8) is 0 Å². The molecule has 1 aromatic carbocycles. The molecule has 1 amide bonds. The van der Waals surface area contributed by atoms with Crippen LogP contribution in [0, 0.1) is 0 Å². The quantitative estimate of drug-likeness (QED) is 0.889. The van der Waals surface area contributed by atoms with Crippen LogP contribution in [0.4, 0.5) is 11.5 Å². The second-order valence-corrected chi connectivity index (χ2v) is 4.00. The van der Waals surface area contributed by atoms with Gasteiger partial charge < -0.3 is 20.5 Å². The third-order valence-electron chi connectivity index (χ3n) is 2.67. The first-order chi connectivity index (χ1) is 9.63. The van der Waals surface area contributed by atoms with E-state index in [4.69, 9.17) is 15.2 Å². The first kappa shape index (κ1) is 13.7. The van der Waals surface area contributed by atoms with Crippen LogP contribution in [-0.2, 0) is 0 Å². The number of nitrogen functional groups attached to an aromatic ring is 1. The number of carbonyl (C=O) groups is 1. The minimum absolute atomic E-state index is 0.289. The maximum atomic E-state index is 12.1. The number of nitrogens with zero attached hydrogens (tertiary/aromatic N) is 1. The molecular weight excluding hydrogens is 258 g/mol. The van der Waals surface area contributed by atoms with Crippen LogP contribution in [-0.4, -0.2) is 25.1 Å². The van der Waals surface area contributed by atoms with Crippen molar-refractivity contribution < 1.29 is 14.3 Å². The van der Waals surface area contributed by atoms with Crippen LogP contribution in [0.25, 0.3) is 0 Å². The molecule has 1 aromatic heterocycles. The van der Waals surface area contributed by atoms with Crippen molar-refractivity contribution in [3.05, 3.63) is 42.1 Å². The highest BCUT2D eigenvalue weighted by Crippen LogP contribution is 2.27. The van der Waals surface area contributed by atoms with Gasteiger partial charge in [0.2, 0.25) is 0 Å². The van der Waals surface area contributed by atoms with Gasteiger partial charge >= 0.3 is 0 Å². The van der Waals surface area contributed by atoms with Crippen LogP contribution in [0.3, 0.4) is 0 Å². The fraction of sp³-hybridized carbons (Fsp3) is 0.143. The monoisotopic (exact) mass is 273 g/mol. The summed E-state index contributed by atoms with van der Waals surface area (Å²) in [7, 11) is 3.05. The van der Waals surface area contributed by atoms with Crippen molar-refractivity contribution in [2.45, 2.75) is 0 Å². The van der Waals surface area contributed by atoms with Gasteiger partial charge in [-0.05, 0) is 30.3 Å². The average molecular weight is 273 g/mol. The van der Waals surface area contributed by atoms with Crippen molar-refractivity contribution in [1.82, 2.24) is 4.98 Å². The minimum Gasteiger partial charge on any atom is -0.493 e. The van der Waals surface area contributed by atoms with Crippen molar-refractivity contribution in [2.75, 3.05) is 25.3 Å². The van der Waals surface area contributed by atoms with Crippen molar-refractivity contribution >= 4 is 17.4 Å². The van der Waals surface area contributed by atoms with E-state index >= 15 is 0 Å². The molecule has 2 aromatic rings. The summed E-state index contributed by atoms with van der Waals surface area (Å²) in [4.78, 5) is 16.1. The van der Waals surface area contributed by atoms with Gasteiger partial charge in [-0.25, -0.2) is 4.98 Å². The zero-order valence-corrected chi connectivity index (χ0v) is 11.2. The summed E-state index contributed by atoms with van der Waals surface area (Å²) < 4.78 is 10.3. The number of nitrogens with two attached hydrogens (primary N) is 1. The van der Waals surface area contributed by atoms with Gasteiger partial charge in [-0.1, -0.05) is 0 Å². The Hall–Kier alpha value is -2.76. The number of benzene rings is 1. The number of ether oxygens (including phenoxy) is 2. The fourth-order valence-corrected chi connectivity index (χ4v) is 1.65. The number of nitrogens with one attached hydrogen (secondary N) is 1. The molecule has 2 rings (SSSR count). The number of aromatic nitrogens is 1. The summed E-state index contributed by atoms with van der Waals surface area (Å²) in [5.41, 5.74) is 6.51. The molecule has 6 nitrogen and oxygen atoms in total. The lowest BCUT2D eigenvalue weighted by Crippen LogP contribution is -2.13. The van der Waals surface area contributed by atoms with Crippen LogP contribution in [0.5, 0.6) is 11.5 Å². The summed E-state index contributed by atoms with van der Waals surface area (Å²) in [5, 5.41) is 2.67. The van der Waals surface area contributed by atoms with Crippen LogP contribution in [0.2, 0.25) is 0 Å². The van der Waals surface area contributed by atoms with Gasteiger partial charge in [0, 0.05) is 5.56 Å². The summed E-state index contributed by atoms with van der Waals surface area (Å²) in [6.07, 6.45) is 1.48. The normalized spacial score (nSPS) is 9.90. The van der Waals surface area contributed by atoms with Gasteiger partial charge in [-0.2, -0.15) is 0 Å². The van der Waals surface area contributed by atoms with E-state index < -0.39 is 0 Å². The third-order valence-corrected chi connectivity index (χ3v) is 2.67. The molecule has 0 radical (unpaired) electrons. The van der Waals surface area contributed by atoms with Crippen LogP contribution < -0.4 is 20.5 Å². The minimum atomic E-state index is -0.289. The van der Waals surface area contributed by atoms with E-state index in [0.717, 1.165) is 0 Å². The van der Waals surface area contributed by atoms with Gasteiger partial charge in [0.25, 0.3) is 5.91 Å². The van der Waals surface area contributed by atoms with Crippen molar-refractivity contribution in [1.29, 1.82) is 0 Å². The predicted molar refractivity (Wildman–Crippen MR) is 76.1 cm³/mol. The Morgan fingerprint density at radius 2 is 1.90 bits per heavy atom. The van der Waals surface area contributed by atoms with Gasteiger partial charge in [0.1, 0.15) is 5.82 Å². The zero-order chi connectivity index (χ0) is 14.5. The average Bonchev–Trinajstić information content (AvgIpc) is 2.48. The molecule has 104 valence electrons. The summed E-state index contributed by atoms with van der Waals surface area (Å²) in [5.74, 6) is 1.20. The topological polar surface area (TPSA) is 86.5 Å². The highest BCUT2D eigenvalue weighted by molar-refractivity contribution is 6.04. The van der Waals surface area contributed by atoms with E-state index in [1.54, 1.807) is 30.3 Å². The van der Waals surface area contributed by atoms with E-state index in [1.807, 2.05) is 0 Å². The second-order valence-electron chi connectivity index (χ2n) is 4.00. The fourth-order valence-electron chi connectivity index (χ4n) is 1.65. The largest absolute Gasteiger partial charge is 0.493 e. The Kier molecular flexibility index (Phi) is 4.05. The molecule has 0 spiro atoms. The second kappa shape index (κ2) is 5.92. The van der Waals surface area contributed by atoms with E-state index in [2.05, 4.69) is 10.3 Å². The molecule has 6 heteroatoms. The zero-order valence-electron chi connectivity index (χ0n) is 11.2. The molecule has 0 aliphatic rings. The van der Waals surface area contributed by atoms with Crippen LogP contribution in [0.15, 0.2) is 36.5 Å². The Balaban J connectivity index is 2.18. The lowest BCUT2D eigenvalue weighted by atomic mass is 10.2. The Labute approximate surface area is 116 Å². The first-order valence-corrected chi connectivity index (χ1v) is 5.89. The molecule has 0 aliphatic carbocycles. The first-order valence-electron chi connectivity index (χ1n) is 5.89. The number of anilines is 2. The number of pyridine rings is 1. The predicted octanol–water partition coefficient (Wildman–Crippen LogP) is 1.93. The molecule has 0 aliphatic heterocycles. The Morgan fingerprint density at radius 1 is 1.15 bits per heavy atom. The molecule has 0 fully saturated rings. The number of hydrogen-bond donors (Lipinski definition) is 2. The maximum absolute atomic E-state index is 12.1. The van der Waals surface area contributed by atoms with Gasteiger partial charge in [0.05, 0.1) is 26.1 Å². The smallest absolute Gasteiger partial charge is 0.256 e. The SMILES string of the molecule is COc1ccc(C(=O)Nc2ccc(N)cn2)cc1OC. The molecule has 20 heavy (non-hydrogen) atoms. The third kappa shape index (κ3) is 2.97. The van der Waals surface area contributed by atoms with Crippen LogP contribution in [0.1, 0.15) is 10.4 Å².